The number of benzene rings is 1. The molecule has 8 heteroatoms. The molecule has 1 amide bonds. The zero-order valence-electron chi connectivity index (χ0n) is 13.9. The van der Waals surface area contributed by atoms with E-state index < -0.39 is 0 Å². The van der Waals surface area contributed by atoms with Gasteiger partial charge in [-0.15, -0.1) is 0 Å². The van der Waals surface area contributed by atoms with Crippen molar-refractivity contribution in [2.75, 3.05) is 6.54 Å². The minimum atomic E-state index is -0.343. The summed E-state index contributed by atoms with van der Waals surface area (Å²) in [4.78, 5) is 22.2. The number of fused-ring (bicyclic) bond motifs is 1. The van der Waals surface area contributed by atoms with Crippen LogP contribution in [-0.2, 0) is 19.7 Å². The Morgan fingerprint density at radius 2 is 2.15 bits per heavy atom. The molecule has 2 aromatic heterocycles. The highest BCUT2D eigenvalue weighted by atomic mass is 19.1. The third-order valence-electron chi connectivity index (χ3n) is 4.10. The first-order chi connectivity index (χ1) is 12.7. The highest BCUT2D eigenvalue weighted by Crippen LogP contribution is 2.18. The number of ether oxygens (including phenoxy) is 1. The van der Waals surface area contributed by atoms with E-state index in [1.807, 2.05) is 10.7 Å². The van der Waals surface area contributed by atoms with Crippen LogP contribution in [-0.4, -0.2) is 37.1 Å². The fourth-order valence-corrected chi connectivity index (χ4v) is 2.86. The van der Waals surface area contributed by atoms with Crippen LogP contribution in [0.3, 0.4) is 0 Å². The SMILES string of the molecule is O=C(c1cnccn1)N1CCn2nc(COc3cccc(F)c3)cc2C1. The summed E-state index contributed by atoms with van der Waals surface area (Å²) in [5.74, 6) is -0.0386. The number of hydrogen-bond donors (Lipinski definition) is 0. The molecule has 0 fully saturated rings. The van der Waals surface area contributed by atoms with Gasteiger partial charge in [-0.1, -0.05) is 6.07 Å². The molecule has 0 bridgehead atoms. The Morgan fingerprint density at radius 3 is 2.96 bits per heavy atom. The van der Waals surface area contributed by atoms with Crippen molar-refractivity contribution in [3.63, 3.8) is 0 Å². The van der Waals surface area contributed by atoms with Crippen LogP contribution in [0.5, 0.6) is 5.75 Å². The number of rotatable bonds is 4. The molecule has 0 atom stereocenters. The molecule has 4 rings (SSSR count). The highest BCUT2D eigenvalue weighted by Gasteiger charge is 2.24. The molecule has 26 heavy (non-hydrogen) atoms. The van der Waals surface area contributed by atoms with E-state index in [-0.39, 0.29) is 18.3 Å². The molecule has 7 nitrogen and oxygen atoms in total. The van der Waals surface area contributed by atoms with Gasteiger partial charge in [0.05, 0.1) is 25.0 Å². The maximum Gasteiger partial charge on any atom is 0.274 e. The number of aromatic nitrogens is 4. The average Bonchev–Trinajstić information content (AvgIpc) is 3.08. The molecule has 0 N–H and O–H groups in total. The second-order valence-electron chi connectivity index (χ2n) is 5.91. The maximum absolute atomic E-state index is 13.2. The van der Waals surface area contributed by atoms with Crippen molar-refractivity contribution in [3.05, 3.63) is 71.8 Å². The van der Waals surface area contributed by atoms with E-state index in [9.17, 15) is 9.18 Å². The standard InChI is InChI=1S/C18H16FN5O2/c19-13-2-1-3-16(8-13)26-12-14-9-15-11-23(6-7-24(15)22-14)18(25)17-10-20-4-5-21-17/h1-5,8-10H,6-7,11-12H2. The van der Waals surface area contributed by atoms with Gasteiger partial charge in [0.1, 0.15) is 29.6 Å². The molecule has 1 aliphatic heterocycles. The summed E-state index contributed by atoms with van der Waals surface area (Å²) < 4.78 is 20.6. The molecule has 3 heterocycles. The third-order valence-corrected chi connectivity index (χ3v) is 4.10. The highest BCUT2D eigenvalue weighted by molar-refractivity contribution is 5.91. The summed E-state index contributed by atoms with van der Waals surface area (Å²) in [5, 5.41) is 4.49. The van der Waals surface area contributed by atoms with E-state index in [2.05, 4.69) is 15.1 Å². The Morgan fingerprint density at radius 1 is 1.23 bits per heavy atom. The van der Waals surface area contributed by atoms with Crippen LogP contribution in [0.25, 0.3) is 0 Å². The number of carbonyl (C=O) groups excluding carboxylic acids is 1. The summed E-state index contributed by atoms with van der Waals surface area (Å²) >= 11 is 0. The van der Waals surface area contributed by atoms with Gasteiger partial charge in [0.2, 0.25) is 0 Å². The van der Waals surface area contributed by atoms with Gasteiger partial charge in [0, 0.05) is 25.0 Å². The summed E-state index contributed by atoms with van der Waals surface area (Å²) in [7, 11) is 0. The van der Waals surface area contributed by atoms with Crippen LogP contribution in [0.2, 0.25) is 0 Å². The Hall–Kier alpha value is -3.29. The van der Waals surface area contributed by atoms with Crippen molar-refractivity contribution < 1.29 is 13.9 Å². The van der Waals surface area contributed by atoms with E-state index in [0.717, 1.165) is 11.4 Å². The van der Waals surface area contributed by atoms with Gasteiger partial charge >= 0.3 is 0 Å². The summed E-state index contributed by atoms with van der Waals surface area (Å²) in [6, 6.07) is 7.89. The van der Waals surface area contributed by atoms with Gasteiger partial charge in [0.15, 0.2) is 0 Å². The Balaban J connectivity index is 1.43. The van der Waals surface area contributed by atoms with Gasteiger partial charge in [-0.05, 0) is 18.2 Å². The normalized spacial score (nSPS) is 13.3. The fourth-order valence-electron chi connectivity index (χ4n) is 2.86. The van der Waals surface area contributed by atoms with Crippen LogP contribution in [0.15, 0.2) is 48.9 Å². The maximum atomic E-state index is 13.2. The molecular weight excluding hydrogens is 337 g/mol. The molecule has 1 aliphatic rings. The Labute approximate surface area is 149 Å². The molecule has 0 saturated carbocycles. The zero-order chi connectivity index (χ0) is 17.9. The topological polar surface area (TPSA) is 73.1 Å². The van der Waals surface area contributed by atoms with Crippen molar-refractivity contribution in [2.45, 2.75) is 19.7 Å². The number of amides is 1. The van der Waals surface area contributed by atoms with Gasteiger partial charge in [-0.3, -0.25) is 14.5 Å². The quantitative estimate of drug-likeness (QED) is 0.718. The second-order valence-corrected chi connectivity index (χ2v) is 5.91. The molecule has 0 saturated heterocycles. The number of nitrogens with zero attached hydrogens (tertiary/aromatic N) is 5. The first-order valence-corrected chi connectivity index (χ1v) is 8.18. The van der Waals surface area contributed by atoms with Gasteiger partial charge in [0.25, 0.3) is 5.91 Å². The first kappa shape index (κ1) is 16.2. The van der Waals surface area contributed by atoms with E-state index in [0.29, 0.717) is 31.1 Å². The minimum absolute atomic E-state index is 0.150. The molecule has 3 aromatic rings. The molecule has 0 aliphatic carbocycles. The van der Waals surface area contributed by atoms with Crippen LogP contribution < -0.4 is 4.74 Å². The lowest BCUT2D eigenvalue weighted by molar-refractivity contribution is 0.0699. The molecule has 1 aromatic carbocycles. The number of halogens is 1. The third kappa shape index (κ3) is 3.39. The molecule has 0 spiro atoms. The number of carbonyl (C=O) groups is 1. The first-order valence-electron chi connectivity index (χ1n) is 8.18. The van der Waals surface area contributed by atoms with Crippen molar-refractivity contribution >= 4 is 5.91 Å². The summed E-state index contributed by atoms with van der Waals surface area (Å²) in [6.45, 7) is 1.83. The lowest BCUT2D eigenvalue weighted by Crippen LogP contribution is -2.38. The van der Waals surface area contributed by atoms with Crippen molar-refractivity contribution in [1.29, 1.82) is 0 Å². The fraction of sp³-hybridized carbons (Fsp3) is 0.222. The van der Waals surface area contributed by atoms with Crippen molar-refractivity contribution in [1.82, 2.24) is 24.6 Å². The van der Waals surface area contributed by atoms with Crippen LogP contribution in [0, 0.1) is 5.82 Å². The Kier molecular flexibility index (Phi) is 4.30. The Bertz CT molecular complexity index is 928. The average molecular weight is 353 g/mol. The van der Waals surface area contributed by atoms with Crippen LogP contribution >= 0.6 is 0 Å². The lowest BCUT2D eigenvalue weighted by Gasteiger charge is -2.27. The minimum Gasteiger partial charge on any atom is -0.487 e. The molecule has 0 unspecified atom stereocenters. The zero-order valence-corrected chi connectivity index (χ0v) is 13.9. The van der Waals surface area contributed by atoms with E-state index in [4.69, 9.17) is 4.74 Å². The molecule has 0 radical (unpaired) electrons. The van der Waals surface area contributed by atoms with Gasteiger partial charge in [-0.25, -0.2) is 9.37 Å². The summed E-state index contributed by atoms with van der Waals surface area (Å²) in [6.07, 6.45) is 4.50. The predicted octanol–water partition coefficient (Wildman–Crippen LogP) is 2.05. The van der Waals surface area contributed by atoms with Crippen LogP contribution in [0.4, 0.5) is 4.39 Å². The lowest BCUT2D eigenvalue weighted by atomic mass is 10.2. The molecule has 132 valence electrons. The van der Waals surface area contributed by atoms with Gasteiger partial charge in [-0.2, -0.15) is 5.10 Å². The monoisotopic (exact) mass is 353 g/mol. The molecular formula is C18H16FN5O2. The van der Waals surface area contributed by atoms with Gasteiger partial charge < -0.3 is 9.64 Å². The smallest absolute Gasteiger partial charge is 0.274 e. The van der Waals surface area contributed by atoms with Crippen molar-refractivity contribution in [2.24, 2.45) is 0 Å². The van der Waals surface area contributed by atoms with E-state index in [1.54, 1.807) is 17.0 Å². The van der Waals surface area contributed by atoms with Crippen molar-refractivity contribution in [3.8, 4) is 5.75 Å². The number of hydrogen-bond acceptors (Lipinski definition) is 5. The van der Waals surface area contributed by atoms with E-state index in [1.165, 1.54) is 30.7 Å². The van der Waals surface area contributed by atoms with Crippen LogP contribution in [0.1, 0.15) is 21.9 Å². The summed E-state index contributed by atoms with van der Waals surface area (Å²) in [5.41, 5.74) is 1.99. The van der Waals surface area contributed by atoms with E-state index >= 15 is 0 Å². The second kappa shape index (κ2) is 6.91. The predicted molar refractivity (Wildman–Crippen MR) is 89.7 cm³/mol. The largest absolute Gasteiger partial charge is 0.487 e.